The predicted octanol–water partition coefficient (Wildman–Crippen LogP) is 12.4. The lowest BCUT2D eigenvalue weighted by molar-refractivity contribution is -0.256. The largest absolute Gasteiger partial charge is 0.459 e. The first-order valence-corrected chi connectivity index (χ1v) is 28.5. The highest BCUT2D eigenvalue weighted by molar-refractivity contribution is 6.03. The normalized spacial score (nSPS) is 23.6. The van der Waals surface area contributed by atoms with Gasteiger partial charge in [0, 0.05) is 50.6 Å². The number of unbranched alkanes of at least 4 members (excludes halogenated alkanes) is 11. The number of nitrogens with zero attached hydrogens (tertiary/aromatic N) is 2. The van der Waals surface area contributed by atoms with Crippen LogP contribution in [0.4, 0.5) is 9.59 Å². The summed E-state index contributed by atoms with van der Waals surface area (Å²) in [6.45, 7) is 7.87. The molecular formula is C61H83N3O12. The molecule has 414 valence electrons. The van der Waals surface area contributed by atoms with Crippen LogP contribution in [-0.4, -0.2) is 91.0 Å². The second kappa shape index (κ2) is 29.2. The fourth-order valence-corrected chi connectivity index (χ4v) is 11.9. The first-order valence-electron chi connectivity index (χ1n) is 28.5. The lowest BCUT2D eigenvalue weighted by atomic mass is 9.55. The quantitative estimate of drug-likeness (QED) is 0.0328. The summed E-state index contributed by atoms with van der Waals surface area (Å²) in [5.74, 6) is -0.471. The van der Waals surface area contributed by atoms with Crippen molar-refractivity contribution in [2.24, 2.45) is 22.9 Å². The lowest BCUT2D eigenvalue weighted by Gasteiger charge is -2.59. The van der Waals surface area contributed by atoms with Gasteiger partial charge < -0.3 is 53.5 Å². The zero-order chi connectivity index (χ0) is 53.0. The summed E-state index contributed by atoms with van der Waals surface area (Å²) in [6, 6.07) is 20.0. The van der Waals surface area contributed by atoms with Gasteiger partial charge in [-0.1, -0.05) is 131 Å². The van der Waals surface area contributed by atoms with E-state index in [9.17, 15) is 15.0 Å². The Kier molecular flexibility index (Phi) is 21.8. The minimum atomic E-state index is -1.55. The van der Waals surface area contributed by atoms with Crippen LogP contribution in [-0.2, 0) is 32.1 Å². The van der Waals surface area contributed by atoms with E-state index in [-0.39, 0.29) is 63.9 Å². The second-order valence-electron chi connectivity index (χ2n) is 21.0. The third-order valence-electron chi connectivity index (χ3n) is 15.7. The van der Waals surface area contributed by atoms with Crippen molar-refractivity contribution in [3.8, 4) is 23.0 Å². The maximum Gasteiger partial charge on any atom is 0.412 e. The molecule has 3 aromatic carbocycles. The van der Waals surface area contributed by atoms with E-state index < -0.39 is 36.2 Å². The number of amides is 2. The molecule has 0 aromatic heterocycles. The van der Waals surface area contributed by atoms with E-state index in [2.05, 4.69) is 24.9 Å². The molecule has 5 aliphatic rings. The molecule has 3 aromatic rings. The number of allylic oxidation sites excluding steroid dienone is 1. The van der Waals surface area contributed by atoms with Crippen molar-refractivity contribution in [1.82, 2.24) is 10.2 Å². The Morgan fingerprint density at radius 1 is 0.842 bits per heavy atom. The molecule has 3 N–H and O–H groups in total. The van der Waals surface area contributed by atoms with Crippen LogP contribution < -0.4 is 24.3 Å². The Balaban J connectivity index is 1.21. The molecule has 0 spiro atoms. The number of hydrogen-bond acceptors (Lipinski definition) is 13. The van der Waals surface area contributed by atoms with Crippen LogP contribution in [0.25, 0.3) is 0 Å². The molecule has 3 heterocycles. The molecule has 2 amide bonds. The van der Waals surface area contributed by atoms with Crippen LogP contribution in [0.1, 0.15) is 158 Å². The highest BCUT2D eigenvalue weighted by Gasteiger charge is 2.66. The topological polar surface area (TPSA) is 176 Å². The molecular weight excluding hydrogens is 967 g/mol. The average Bonchev–Trinajstić information content (AvgIpc) is 3.95. The van der Waals surface area contributed by atoms with Crippen molar-refractivity contribution < 1.29 is 57.8 Å². The van der Waals surface area contributed by atoms with Crippen molar-refractivity contribution in [3.05, 3.63) is 108 Å². The van der Waals surface area contributed by atoms with Gasteiger partial charge in [0.2, 0.25) is 18.9 Å². The molecule has 1 saturated heterocycles. The molecule has 3 aliphatic heterocycles. The number of rotatable bonds is 30. The zero-order valence-corrected chi connectivity index (χ0v) is 44.8. The molecule has 15 heteroatoms. The summed E-state index contributed by atoms with van der Waals surface area (Å²) in [5, 5.41) is 28.1. The van der Waals surface area contributed by atoms with Crippen LogP contribution in [0.15, 0.2) is 96.2 Å². The van der Waals surface area contributed by atoms with Gasteiger partial charge in [0.25, 0.3) is 0 Å². The van der Waals surface area contributed by atoms with Crippen LogP contribution in [0.2, 0.25) is 0 Å². The highest BCUT2D eigenvalue weighted by atomic mass is 16.8. The zero-order valence-electron chi connectivity index (χ0n) is 44.8. The standard InChI is InChI=1S/C61H83N3O12/c1-3-5-6-7-8-9-10-11-12-21-36-70-60(68)64(42-45-28-30-53-54(37-45)72-43-71-53)55-40-51(63-76-56-27-18-22-35-69-56)49-38-46(25-16-19-32-65)48(26-17-20-33-66)57-50-39-47(74-59(67)62-41-44-23-14-13-15-24-44)29-31-52(50)75-61(55,58(49)57)73-34-4-2/h4,13-15,23-24,28-31,37-39,46,48,55-58,65-66H,2-3,5-12,16-22,25-27,32-36,40-43H2,1H3,(H,62,67). The SMILES string of the molecule is C=CCOC12Oc3ccc(OC(=O)NCc4ccccc4)cc3C3C(CCCCO)C(CCCCO)C=C(C(=NOC4CCCCO4)CC1N(Cc1ccc4c(c1)OCO4)C(=O)OCCCCCCCCCCCC)C32. The number of hydrogen-bond donors (Lipinski definition) is 3. The fraction of sp³-hybridized carbons (Fsp3) is 0.590. The number of ether oxygens (including phenoxy) is 7. The Hall–Kier alpha value is -5.61. The van der Waals surface area contributed by atoms with Gasteiger partial charge in [-0.2, -0.15) is 0 Å². The number of aliphatic hydroxyl groups excluding tert-OH is 2. The summed E-state index contributed by atoms with van der Waals surface area (Å²) in [6.07, 6.45) is 20.9. The van der Waals surface area contributed by atoms with Crippen LogP contribution in [0.3, 0.4) is 0 Å². The predicted molar refractivity (Wildman–Crippen MR) is 290 cm³/mol. The molecule has 7 atom stereocenters. The van der Waals surface area contributed by atoms with Crippen LogP contribution in [0.5, 0.6) is 23.0 Å². The number of fused-ring (bicyclic) bond motifs is 3. The van der Waals surface area contributed by atoms with Crippen molar-refractivity contribution in [1.29, 1.82) is 0 Å². The van der Waals surface area contributed by atoms with Gasteiger partial charge in [0.1, 0.15) is 17.5 Å². The number of aliphatic hydroxyl groups is 2. The number of nitrogens with one attached hydrogen (secondary N) is 1. The van der Waals surface area contributed by atoms with Crippen LogP contribution in [0, 0.1) is 17.8 Å². The summed E-state index contributed by atoms with van der Waals surface area (Å²) in [7, 11) is 0. The molecule has 7 unspecified atom stereocenters. The Bertz CT molecular complexity index is 2370. The molecule has 0 bridgehead atoms. The van der Waals surface area contributed by atoms with Gasteiger partial charge in [0.05, 0.1) is 31.5 Å². The van der Waals surface area contributed by atoms with Crippen molar-refractivity contribution in [3.63, 3.8) is 0 Å². The maximum absolute atomic E-state index is 15.3. The minimum absolute atomic E-state index is 0.00766. The van der Waals surface area contributed by atoms with Gasteiger partial charge in [0.15, 0.2) is 11.5 Å². The third kappa shape index (κ3) is 14.7. The molecule has 76 heavy (non-hydrogen) atoms. The van der Waals surface area contributed by atoms with Crippen molar-refractivity contribution >= 4 is 17.9 Å². The number of carbonyl (C=O) groups excluding carboxylic acids is 2. The summed E-state index contributed by atoms with van der Waals surface area (Å²) >= 11 is 0. The van der Waals surface area contributed by atoms with E-state index in [1.807, 2.05) is 60.7 Å². The third-order valence-corrected chi connectivity index (χ3v) is 15.7. The minimum Gasteiger partial charge on any atom is -0.459 e. The van der Waals surface area contributed by atoms with E-state index in [1.54, 1.807) is 17.0 Å². The summed E-state index contributed by atoms with van der Waals surface area (Å²) in [4.78, 5) is 36.9. The monoisotopic (exact) mass is 1050 g/mol. The number of oxime groups is 1. The van der Waals surface area contributed by atoms with Gasteiger partial charge in [-0.05, 0) is 104 Å². The molecule has 2 aliphatic carbocycles. The van der Waals surface area contributed by atoms with Crippen molar-refractivity contribution in [2.75, 3.05) is 39.8 Å². The average molecular weight is 1050 g/mol. The first kappa shape index (κ1) is 56.6. The van der Waals surface area contributed by atoms with Crippen molar-refractivity contribution in [2.45, 2.75) is 172 Å². The highest BCUT2D eigenvalue weighted by Crippen LogP contribution is 2.62. The smallest absolute Gasteiger partial charge is 0.412 e. The van der Waals surface area contributed by atoms with Crippen LogP contribution >= 0.6 is 0 Å². The summed E-state index contributed by atoms with van der Waals surface area (Å²) in [5.41, 5.74) is 4.08. The molecule has 8 rings (SSSR count). The van der Waals surface area contributed by atoms with E-state index in [1.165, 1.54) is 38.5 Å². The molecule has 1 saturated carbocycles. The van der Waals surface area contributed by atoms with Gasteiger partial charge in [-0.25, -0.2) is 9.59 Å². The van der Waals surface area contributed by atoms with Gasteiger partial charge in [-0.3, -0.25) is 4.90 Å². The Morgan fingerprint density at radius 3 is 2.34 bits per heavy atom. The van der Waals surface area contributed by atoms with Gasteiger partial charge in [-0.15, -0.1) is 6.58 Å². The lowest BCUT2D eigenvalue weighted by Crippen LogP contribution is -2.70. The van der Waals surface area contributed by atoms with Gasteiger partial charge >= 0.3 is 12.2 Å². The maximum atomic E-state index is 15.3. The van der Waals surface area contributed by atoms with E-state index in [4.69, 9.17) is 43.2 Å². The summed E-state index contributed by atoms with van der Waals surface area (Å²) < 4.78 is 44.7. The first-order chi connectivity index (χ1) is 37.3. The molecule has 0 radical (unpaired) electrons. The van der Waals surface area contributed by atoms with E-state index in [0.29, 0.717) is 61.1 Å². The molecule has 2 fully saturated rings. The number of benzene rings is 3. The second-order valence-corrected chi connectivity index (χ2v) is 21.0. The fourth-order valence-electron chi connectivity index (χ4n) is 11.9. The van der Waals surface area contributed by atoms with E-state index in [0.717, 1.165) is 86.5 Å². The Labute approximate surface area is 450 Å². The van der Waals surface area contributed by atoms with E-state index >= 15 is 4.79 Å². The molecule has 15 nitrogen and oxygen atoms in total. The Morgan fingerprint density at radius 2 is 1.59 bits per heavy atom. The number of carbonyl (C=O) groups is 2.